The van der Waals surface area contributed by atoms with Crippen LogP contribution in [0.2, 0.25) is 0 Å². The van der Waals surface area contributed by atoms with Gasteiger partial charge in [-0.15, -0.1) is 0 Å². The number of carbonyl (C=O) groups is 2. The lowest BCUT2D eigenvalue weighted by Gasteiger charge is -2.39. The standard InChI is InChI=1S/C22H19F9N2O.C4H8O2/c1-11-5-19(17-9-14(20(23,24)25)3-4-18(17)32-11)33(12(2)34)10-13-6-15(21(26,27)28)8-16(7-13)22(29,30)31;1-4(2)6-3-5/h3-4,6-9,11,19,32H,5,10H2,1-2H3;3-4H,1-2H3/t11-,19+;/m1./s1. The molecule has 1 aliphatic rings. The average Bonchev–Trinajstić information content (AvgIpc) is 2.80. The molecule has 0 spiro atoms. The van der Waals surface area contributed by atoms with Gasteiger partial charge in [-0.05, 0) is 74.7 Å². The smallest absolute Gasteiger partial charge is 0.416 e. The zero-order chi connectivity index (χ0) is 30.6. The largest absolute Gasteiger partial charge is 0.465 e. The minimum atomic E-state index is -5.07. The van der Waals surface area contributed by atoms with E-state index in [0.717, 1.165) is 24.0 Å². The molecule has 0 aromatic heterocycles. The number of carbonyl (C=O) groups excluding carboxylic acids is 2. The van der Waals surface area contributed by atoms with E-state index in [-0.39, 0.29) is 30.2 Å². The van der Waals surface area contributed by atoms with Crippen LogP contribution in [0.4, 0.5) is 45.2 Å². The van der Waals surface area contributed by atoms with Gasteiger partial charge in [0, 0.05) is 25.2 Å². The van der Waals surface area contributed by atoms with Gasteiger partial charge in [-0.3, -0.25) is 9.59 Å². The Bertz CT molecular complexity index is 1160. The van der Waals surface area contributed by atoms with Gasteiger partial charge in [0.05, 0.1) is 28.8 Å². The van der Waals surface area contributed by atoms with Gasteiger partial charge in [0.1, 0.15) is 0 Å². The number of hydrogen-bond donors (Lipinski definition) is 1. The van der Waals surface area contributed by atoms with Gasteiger partial charge in [-0.1, -0.05) is 0 Å². The minimum Gasteiger partial charge on any atom is -0.465 e. The predicted molar refractivity (Wildman–Crippen MR) is 127 cm³/mol. The van der Waals surface area contributed by atoms with E-state index in [1.807, 2.05) is 0 Å². The molecule has 0 bridgehead atoms. The minimum absolute atomic E-state index is 0.0287. The van der Waals surface area contributed by atoms with Crippen molar-refractivity contribution in [1.82, 2.24) is 4.90 Å². The lowest BCUT2D eigenvalue weighted by molar-refractivity contribution is -0.143. The van der Waals surface area contributed by atoms with E-state index in [1.54, 1.807) is 20.8 Å². The van der Waals surface area contributed by atoms with Crippen LogP contribution in [0.15, 0.2) is 36.4 Å². The van der Waals surface area contributed by atoms with Gasteiger partial charge in [0.15, 0.2) is 0 Å². The molecule has 40 heavy (non-hydrogen) atoms. The molecule has 3 rings (SSSR count). The highest BCUT2D eigenvalue weighted by molar-refractivity contribution is 5.75. The number of fused-ring (bicyclic) bond motifs is 1. The molecule has 0 fully saturated rings. The van der Waals surface area contributed by atoms with Crippen LogP contribution in [0.5, 0.6) is 0 Å². The number of halogens is 9. The molecule has 1 aliphatic heterocycles. The van der Waals surface area contributed by atoms with Crippen molar-refractivity contribution in [1.29, 1.82) is 0 Å². The SMILES string of the molecule is CC(=O)N(Cc1cc(C(F)(F)F)cc(C(F)(F)F)c1)[C@H]1C[C@@H](C)Nc2ccc(C(F)(F)F)cc21.CC(C)OC=O. The highest BCUT2D eigenvalue weighted by Crippen LogP contribution is 2.42. The van der Waals surface area contributed by atoms with Crippen LogP contribution in [0.25, 0.3) is 0 Å². The van der Waals surface area contributed by atoms with Crippen LogP contribution in [0.3, 0.4) is 0 Å². The van der Waals surface area contributed by atoms with Crippen LogP contribution in [-0.4, -0.2) is 29.4 Å². The fourth-order valence-corrected chi connectivity index (χ4v) is 4.09. The Labute approximate surface area is 224 Å². The number of nitrogens with one attached hydrogen (secondary N) is 1. The summed E-state index contributed by atoms with van der Waals surface area (Å²) in [7, 11) is 0. The number of nitrogens with zero attached hydrogens (tertiary/aromatic N) is 1. The van der Waals surface area contributed by atoms with E-state index in [1.165, 1.54) is 6.07 Å². The van der Waals surface area contributed by atoms with Crippen LogP contribution < -0.4 is 5.32 Å². The summed E-state index contributed by atoms with van der Waals surface area (Å²) >= 11 is 0. The second kappa shape index (κ2) is 12.4. The third-order valence-electron chi connectivity index (χ3n) is 5.83. The Morgan fingerprint density at radius 3 is 1.88 bits per heavy atom. The van der Waals surface area contributed by atoms with Crippen molar-refractivity contribution in [3.8, 4) is 0 Å². The summed E-state index contributed by atoms with van der Waals surface area (Å²) in [5.74, 6) is -0.714. The highest BCUT2D eigenvalue weighted by Gasteiger charge is 2.39. The Morgan fingerprint density at radius 1 is 0.950 bits per heavy atom. The number of rotatable bonds is 5. The molecule has 0 unspecified atom stereocenters. The molecular weight excluding hydrogens is 559 g/mol. The maximum Gasteiger partial charge on any atom is 0.416 e. The molecule has 5 nitrogen and oxygen atoms in total. The third-order valence-corrected chi connectivity index (χ3v) is 5.83. The predicted octanol–water partition coefficient (Wildman–Crippen LogP) is 7.60. The Hall–Kier alpha value is -3.45. The number of anilines is 1. The summed E-state index contributed by atoms with van der Waals surface area (Å²) < 4.78 is 124. The molecule has 222 valence electrons. The first-order valence-corrected chi connectivity index (χ1v) is 11.9. The fourth-order valence-electron chi connectivity index (χ4n) is 4.09. The molecule has 2 aromatic carbocycles. The second-order valence-electron chi connectivity index (χ2n) is 9.44. The number of hydrogen-bond acceptors (Lipinski definition) is 4. The van der Waals surface area contributed by atoms with E-state index < -0.39 is 59.3 Å². The topological polar surface area (TPSA) is 58.6 Å². The van der Waals surface area contributed by atoms with Gasteiger partial charge in [-0.25, -0.2) is 0 Å². The lowest BCUT2D eigenvalue weighted by atomic mass is 9.90. The Kier molecular flexibility index (Phi) is 10.1. The van der Waals surface area contributed by atoms with Crippen molar-refractivity contribution in [3.63, 3.8) is 0 Å². The summed E-state index contributed by atoms with van der Waals surface area (Å²) in [6.45, 7) is 6.14. The van der Waals surface area contributed by atoms with E-state index >= 15 is 0 Å². The molecule has 0 aliphatic carbocycles. The molecule has 0 radical (unpaired) electrons. The molecule has 14 heteroatoms. The average molecular weight is 586 g/mol. The van der Waals surface area contributed by atoms with Gasteiger partial charge in [-0.2, -0.15) is 39.5 Å². The quantitative estimate of drug-likeness (QED) is 0.290. The van der Waals surface area contributed by atoms with Crippen LogP contribution >= 0.6 is 0 Å². The summed E-state index contributed by atoms with van der Waals surface area (Å²) in [6, 6.07) is 2.51. The molecular formula is C26H27F9N2O3. The van der Waals surface area contributed by atoms with Crippen molar-refractivity contribution in [2.24, 2.45) is 0 Å². The molecule has 1 heterocycles. The normalized spacial score (nSPS) is 17.2. The molecule has 1 N–H and O–H groups in total. The third kappa shape index (κ3) is 8.78. The van der Waals surface area contributed by atoms with Crippen molar-refractivity contribution in [2.45, 2.75) is 77.4 Å². The Balaban J connectivity index is 0.000000840. The van der Waals surface area contributed by atoms with Gasteiger partial charge in [0.25, 0.3) is 6.47 Å². The highest BCUT2D eigenvalue weighted by atomic mass is 19.4. The van der Waals surface area contributed by atoms with Crippen molar-refractivity contribution >= 4 is 18.1 Å². The van der Waals surface area contributed by atoms with Gasteiger partial charge >= 0.3 is 18.5 Å². The first-order chi connectivity index (χ1) is 18.2. The van der Waals surface area contributed by atoms with Crippen molar-refractivity contribution in [2.75, 3.05) is 5.32 Å². The lowest BCUT2D eigenvalue weighted by Crippen LogP contribution is -2.39. The first kappa shape index (κ1) is 32.8. The zero-order valence-electron chi connectivity index (χ0n) is 21.8. The summed E-state index contributed by atoms with van der Waals surface area (Å²) in [4.78, 5) is 22.8. The van der Waals surface area contributed by atoms with E-state index in [0.29, 0.717) is 24.3 Å². The maximum atomic E-state index is 13.3. The van der Waals surface area contributed by atoms with Crippen LogP contribution in [0, 0.1) is 0 Å². The maximum absolute atomic E-state index is 13.3. The number of alkyl halides is 9. The summed E-state index contributed by atoms with van der Waals surface area (Å²) in [5.41, 5.74) is -4.15. The van der Waals surface area contributed by atoms with E-state index in [4.69, 9.17) is 0 Å². The van der Waals surface area contributed by atoms with Gasteiger partial charge < -0.3 is 15.0 Å². The van der Waals surface area contributed by atoms with Crippen molar-refractivity contribution < 1.29 is 53.8 Å². The number of benzene rings is 2. The fraction of sp³-hybridized carbons (Fsp3) is 0.462. The van der Waals surface area contributed by atoms with E-state index in [9.17, 15) is 49.1 Å². The monoisotopic (exact) mass is 586 g/mol. The molecule has 0 saturated carbocycles. The molecule has 0 saturated heterocycles. The zero-order valence-corrected chi connectivity index (χ0v) is 21.8. The first-order valence-electron chi connectivity index (χ1n) is 11.9. The molecule has 2 aromatic rings. The molecule has 2 atom stereocenters. The van der Waals surface area contributed by atoms with Crippen LogP contribution in [-0.2, 0) is 39.4 Å². The molecule has 1 amide bonds. The summed E-state index contributed by atoms with van der Waals surface area (Å²) in [5, 5.41) is 2.98. The number of ether oxygens (including phenoxy) is 1. The Morgan fingerprint density at radius 2 is 1.48 bits per heavy atom. The van der Waals surface area contributed by atoms with Crippen molar-refractivity contribution in [3.05, 3.63) is 64.2 Å². The van der Waals surface area contributed by atoms with Crippen LogP contribution in [0.1, 0.15) is 68.0 Å². The number of amides is 1. The van der Waals surface area contributed by atoms with E-state index in [2.05, 4.69) is 10.1 Å². The summed E-state index contributed by atoms with van der Waals surface area (Å²) in [6.07, 6.45) is -14.7. The second-order valence-corrected chi connectivity index (χ2v) is 9.44. The van der Waals surface area contributed by atoms with Gasteiger partial charge in [0.2, 0.25) is 5.91 Å².